The van der Waals surface area contributed by atoms with Gasteiger partial charge in [-0.05, 0) is 30.3 Å². The molecule has 1 aromatic heterocycles. The highest BCUT2D eigenvalue weighted by molar-refractivity contribution is 7.90. The minimum Gasteiger partial charge on any atom is -0.507 e. The van der Waals surface area contributed by atoms with Crippen LogP contribution in [0.4, 0.5) is 10.1 Å². The molecule has 1 aliphatic heterocycles. The molecule has 0 saturated heterocycles. The van der Waals surface area contributed by atoms with Crippen molar-refractivity contribution in [1.82, 2.24) is 4.57 Å². The Bertz CT molecular complexity index is 1230. The van der Waals surface area contributed by atoms with Gasteiger partial charge >= 0.3 is 0 Å². The van der Waals surface area contributed by atoms with Crippen LogP contribution in [0.5, 0.6) is 5.75 Å². The van der Waals surface area contributed by atoms with E-state index in [1.165, 1.54) is 18.2 Å². The van der Waals surface area contributed by atoms with Crippen LogP contribution in [0.3, 0.4) is 0 Å². The highest BCUT2D eigenvalue weighted by Gasteiger charge is 2.26. The fourth-order valence-electron chi connectivity index (χ4n) is 2.70. The Balaban J connectivity index is 2.04. The van der Waals surface area contributed by atoms with E-state index in [2.05, 4.69) is 9.71 Å². The quantitative estimate of drug-likeness (QED) is 0.638. The average molecular weight is 359 g/mol. The lowest BCUT2D eigenvalue weighted by Gasteiger charge is -2.20. The summed E-state index contributed by atoms with van der Waals surface area (Å²) in [6, 6.07) is 10.4. The van der Waals surface area contributed by atoms with Crippen LogP contribution in [0.15, 0.2) is 62.6 Å². The molecule has 25 heavy (non-hydrogen) atoms. The third-order valence-electron chi connectivity index (χ3n) is 3.79. The summed E-state index contributed by atoms with van der Waals surface area (Å²) in [5.74, 6) is -1.26. The predicted octanol–water partition coefficient (Wildman–Crippen LogP) is 1.86. The predicted molar refractivity (Wildman–Crippen MR) is 89.9 cm³/mol. The molecule has 0 spiro atoms. The summed E-state index contributed by atoms with van der Waals surface area (Å²) >= 11 is 0. The standard InChI is InChI=1S/C16H10FN3O4S/c17-9-5-6-12-10(7-9)13(21)8-15(22)20(12)16-18-11-3-1-2-4-14(11)25(23,24)19-16/h1-8,21H,(H,18,19). The summed E-state index contributed by atoms with van der Waals surface area (Å²) in [5.41, 5.74) is -0.326. The first kappa shape index (κ1) is 15.3. The van der Waals surface area contributed by atoms with E-state index in [1.54, 1.807) is 12.1 Å². The SMILES string of the molecule is O=c1cc(O)c2cc(F)ccc2n1C1=NS(=O)(=O)c2ccccc2N1. The van der Waals surface area contributed by atoms with E-state index < -0.39 is 27.1 Å². The van der Waals surface area contributed by atoms with Crippen molar-refractivity contribution >= 4 is 32.6 Å². The average Bonchev–Trinajstić information content (AvgIpc) is 2.55. The molecule has 7 nitrogen and oxygen atoms in total. The van der Waals surface area contributed by atoms with Crippen LogP contribution in [0, 0.1) is 5.82 Å². The second kappa shape index (κ2) is 5.15. The van der Waals surface area contributed by atoms with Gasteiger partial charge in [-0.1, -0.05) is 12.1 Å². The number of aromatic hydroxyl groups is 1. The summed E-state index contributed by atoms with van der Waals surface area (Å²) in [4.78, 5) is 12.3. The maximum atomic E-state index is 13.5. The van der Waals surface area contributed by atoms with Gasteiger partial charge in [-0.3, -0.25) is 4.79 Å². The maximum Gasteiger partial charge on any atom is 0.287 e. The number of rotatable bonds is 0. The van der Waals surface area contributed by atoms with Crippen LogP contribution < -0.4 is 10.9 Å². The molecule has 0 saturated carbocycles. The molecule has 4 rings (SSSR count). The van der Waals surface area contributed by atoms with Crippen molar-refractivity contribution in [2.24, 2.45) is 4.40 Å². The number of para-hydroxylation sites is 1. The van der Waals surface area contributed by atoms with Crippen LogP contribution in [0.25, 0.3) is 10.9 Å². The van der Waals surface area contributed by atoms with Crippen molar-refractivity contribution in [1.29, 1.82) is 0 Å². The van der Waals surface area contributed by atoms with Crippen molar-refractivity contribution < 1.29 is 17.9 Å². The largest absolute Gasteiger partial charge is 0.507 e. The van der Waals surface area contributed by atoms with Crippen molar-refractivity contribution in [3.05, 3.63) is 64.7 Å². The van der Waals surface area contributed by atoms with Crippen LogP contribution in [-0.4, -0.2) is 24.1 Å². The van der Waals surface area contributed by atoms with Crippen molar-refractivity contribution in [2.75, 3.05) is 5.32 Å². The van der Waals surface area contributed by atoms with Gasteiger partial charge in [0.1, 0.15) is 16.5 Å². The van der Waals surface area contributed by atoms with E-state index in [-0.39, 0.29) is 27.4 Å². The molecule has 2 N–H and O–H groups in total. The van der Waals surface area contributed by atoms with Gasteiger partial charge in [-0.25, -0.2) is 8.96 Å². The number of benzene rings is 2. The highest BCUT2D eigenvalue weighted by Crippen LogP contribution is 2.28. The Hall–Kier alpha value is -3.20. The monoisotopic (exact) mass is 359 g/mol. The smallest absolute Gasteiger partial charge is 0.287 e. The van der Waals surface area contributed by atoms with Gasteiger partial charge in [-0.15, -0.1) is 4.40 Å². The summed E-state index contributed by atoms with van der Waals surface area (Å²) in [5, 5.41) is 12.8. The fourth-order valence-corrected chi connectivity index (χ4v) is 3.80. The normalized spacial score (nSPS) is 15.3. The minimum atomic E-state index is -4.01. The Morgan fingerprint density at radius 2 is 1.88 bits per heavy atom. The lowest BCUT2D eigenvalue weighted by atomic mass is 10.2. The zero-order valence-electron chi connectivity index (χ0n) is 12.5. The maximum absolute atomic E-state index is 13.5. The number of halogens is 1. The van der Waals surface area contributed by atoms with Crippen molar-refractivity contribution in [3.63, 3.8) is 0 Å². The zero-order valence-corrected chi connectivity index (χ0v) is 13.3. The number of hydrogen-bond acceptors (Lipinski definition) is 5. The first-order valence-electron chi connectivity index (χ1n) is 7.12. The van der Waals surface area contributed by atoms with Gasteiger partial charge in [0.2, 0.25) is 5.96 Å². The lowest BCUT2D eigenvalue weighted by molar-refractivity contribution is 0.479. The number of nitrogens with one attached hydrogen (secondary N) is 1. The van der Waals surface area contributed by atoms with Gasteiger partial charge in [0.15, 0.2) is 0 Å². The molecule has 1 aliphatic rings. The molecular formula is C16H10FN3O4S. The molecule has 2 aromatic carbocycles. The van der Waals surface area contributed by atoms with Crippen molar-refractivity contribution in [3.8, 4) is 5.75 Å². The Labute approximate surface area is 140 Å². The van der Waals surface area contributed by atoms with Crippen LogP contribution in [0.2, 0.25) is 0 Å². The number of sulfonamides is 1. The topological polar surface area (TPSA) is 101 Å². The molecule has 0 radical (unpaired) electrons. The van der Waals surface area contributed by atoms with E-state index >= 15 is 0 Å². The number of fused-ring (bicyclic) bond motifs is 2. The van der Waals surface area contributed by atoms with Gasteiger partial charge in [0.25, 0.3) is 15.6 Å². The van der Waals surface area contributed by atoms with E-state index in [1.807, 2.05) is 0 Å². The number of pyridine rings is 1. The van der Waals surface area contributed by atoms with E-state index in [9.17, 15) is 22.7 Å². The summed E-state index contributed by atoms with van der Waals surface area (Å²) in [6.07, 6.45) is 0. The number of nitrogens with zero attached hydrogens (tertiary/aromatic N) is 2. The fraction of sp³-hybridized carbons (Fsp3) is 0. The third kappa shape index (κ3) is 2.36. The Morgan fingerprint density at radius 3 is 2.68 bits per heavy atom. The van der Waals surface area contributed by atoms with Gasteiger partial charge < -0.3 is 10.4 Å². The minimum absolute atomic E-state index is 0.0130. The molecule has 0 fully saturated rings. The highest BCUT2D eigenvalue weighted by atomic mass is 32.2. The molecule has 0 amide bonds. The second-order valence-corrected chi connectivity index (χ2v) is 6.95. The number of anilines is 1. The molecular weight excluding hydrogens is 349 g/mol. The Kier molecular flexibility index (Phi) is 3.16. The molecule has 0 unspecified atom stereocenters. The van der Waals surface area contributed by atoms with Gasteiger partial charge in [0, 0.05) is 11.5 Å². The summed E-state index contributed by atoms with van der Waals surface area (Å²) in [6.45, 7) is 0. The van der Waals surface area contributed by atoms with Gasteiger partial charge in [-0.2, -0.15) is 8.42 Å². The number of hydrogen-bond donors (Lipinski definition) is 2. The summed E-state index contributed by atoms with van der Waals surface area (Å²) < 4.78 is 42.8. The van der Waals surface area contributed by atoms with E-state index in [0.29, 0.717) is 0 Å². The molecule has 0 atom stereocenters. The molecule has 3 aromatic rings. The number of aromatic nitrogens is 1. The lowest BCUT2D eigenvalue weighted by Crippen LogP contribution is -2.35. The molecule has 9 heteroatoms. The second-order valence-electron chi connectivity index (χ2n) is 5.38. The van der Waals surface area contributed by atoms with Gasteiger partial charge in [0.05, 0.1) is 11.2 Å². The van der Waals surface area contributed by atoms with E-state index in [0.717, 1.165) is 22.8 Å². The van der Waals surface area contributed by atoms with Crippen LogP contribution in [-0.2, 0) is 10.0 Å². The van der Waals surface area contributed by atoms with Crippen molar-refractivity contribution in [2.45, 2.75) is 4.90 Å². The third-order valence-corrected chi connectivity index (χ3v) is 5.11. The van der Waals surface area contributed by atoms with Crippen LogP contribution in [0.1, 0.15) is 0 Å². The molecule has 126 valence electrons. The summed E-state index contributed by atoms with van der Waals surface area (Å²) in [7, 11) is -4.01. The molecule has 0 aliphatic carbocycles. The molecule has 2 heterocycles. The molecule has 0 bridgehead atoms. The first-order valence-corrected chi connectivity index (χ1v) is 8.56. The van der Waals surface area contributed by atoms with E-state index in [4.69, 9.17) is 0 Å². The zero-order chi connectivity index (χ0) is 17.8. The van der Waals surface area contributed by atoms with Crippen LogP contribution >= 0.6 is 0 Å². The Morgan fingerprint density at radius 1 is 1.12 bits per heavy atom. The first-order chi connectivity index (χ1) is 11.9.